The fourth-order valence-corrected chi connectivity index (χ4v) is 2.36. The molecule has 3 heteroatoms. The van der Waals surface area contributed by atoms with Gasteiger partial charge < -0.3 is 9.32 Å². The van der Waals surface area contributed by atoms with E-state index in [9.17, 15) is 4.79 Å². The monoisotopic (exact) mass is 215 g/mol. The van der Waals surface area contributed by atoms with Gasteiger partial charge in [-0.15, -0.1) is 0 Å². The number of rotatable bonds is 0. The normalized spacial score (nSPS) is 14.5. The molecular weight excluding hydrogens is 202 g/mol. The van der Waals surface area contributed by atoms with Gasteiger partial charge in [-0.25, -0.2) is 4.79 Å². The van der Waals surface area contributed by atoms with Crippen LogP contribution in [0.15, 0.2) is 27.4 Å². The van der Waals surface area contributed by atoms with E-state index in [4.69, 9.17) is 4.42 Å². The minimum absolute atomic E-state index is 0.273. The first-order chi connectivity index (χ1) is 7.65. The van der Waals surface area contributed by atoms with E-state index in [-0.39, 0.29) is 5.63 Å². The third-order valence-electron chi connectivity index (χ3n) is 3.28. The van der Waals surface area contributed by atoms with Crippen LogP contribution in [0.4, 0.5) is 5.69 Å². The van der Waals surface area contributed by atoms with Crippen molar-refractivity contribution in [3.05, 3.63) is 39.7 Å². The van der Waals surface area contributed by atoms with Gasteiger partial charge in [-0.05, 0) is 30.5 Å². The number of likely N-dealkylation sites (N-methyl/N-ethyl adjacent to an activating group) is 1. The molecule has 0 saturated heterocycles. The molecule has 0 unspecified atom stereocenters. The maximum absolute atomic E-state index is 11.3. The molecule has 82 valence electrons. The Morgan fingerprint density at radius 1 is 1.31 bits per heavy atom. The highest BCUT2D eigenvalue weighted by atomic mass is 16.4. The van der Waals surface area contributed by atoms with Gasteiger partial charge in [0.1, 0.15) is 5.58 Å². The van der Waals surface area contributed by atoms with E-state index in [1.807, 2.05) is 13.0 Å². The van der Waals surface area contributed by atoms with Crippen molar-refractivity contribution in [1.82, 2.24) is 0 Å². The fraction of sp³-hybridized carbons (Fsp3) is 0.308. The van der Waals surface area contributed by atoms with Crippen LogP contribution < -0.4 is 10.5 Å². The first kappa shape index (κ1) is 9.46. The molecule has 3 nitrogen and oxygen atoms in total. The van der Waals surface area contributed by atoms with E-state index in [1.54, 1.807) is 6.07 Å². The van der Waals surface area contributed by atoms with Gasteiger partial charge in [0.15, 0.2) is 0 Å². The van der Waals surface area contributed by atoms with Crippen LogP contribution in [0.1, 0.15) is 11.1 Å². The molecule has 2 aromatic rings. The summed E-state index contributed by atoms with van der Waals surface area (Å²) in [5, 5.41) is 1.05. The van der Waals surface area contributed by atoms with E-state index >= 15 is 0 Å². The Morgan fingerprint density at radius 3 is 2.94 bits per heavy atom. The van der Waals surface area contributed by atoms with E-state index in [0.717, 1.165) is 23.9 Å². The van der Waals surface area contributed by atoms with Crippen molar-refractivity contribution >= 4 is 16.7 Å². The van der Waals surface area contributed by atoms with Gasteiger partial charge in [-0.1, -0.05) is 0 Å². The molecule has 0 N–H and O–H groups in total. The zero-order valence-corrected chi connectivity index (χ0v) is 9.41. The van der Waals surface area contributed by atoms with Crippen LogP contribution in [-0.4, -0.2) is 13.6 Å². The van der Waals surface area contributed by atoms with Gasteiger partial charge in [0, 0.05) is 36.8 Å². The second kappa shape index (κ2) is 3.11. The molecule has 1 aliphatic heterocycles. The maximum atomic E-state index is 11.3. The largest absolute Gasteiger partial charge is 0.423 e. The summed E-state index contributed by atoms with van der Waals surface area (Å²) in [4.78, 5) is 13.5. The van der Waals surface area contributed by atoms with Gasteiger partial charge in [-0.3, -0.25) is 0 Å². The van der Waals surface area contributed by atoms with Crippen molar-refractivity contribution in [2.75, 3.05) is 18.5 Å². The Balaban J connectivity index is 2.39. The van der Waals surface area contributed by atoms with Crippen molar-refractivity contribution in [3.8, 4) is 0 Å². The number of aryl methyl sites for hydroxylation is 1. The van der Waals surface area contributed by atoms with Gasteiger partial charge in [-0.2, -0.15) is 0 Å². The first-order valence-corrected chi connectivity index (χ1v) is 5.44. The summed E-state index contributed by atoms with van der Waals surface area (Å²) < 4.78 is 5.23. The lowest BCUT2D eigenvalue weighted by molar-refractivity contribution is 0.560. The SMILES string of the molecule is Cc1cc(=O)oc2cc3c(cc12)CCN3C. The molecule has 3 rings (SSSR count). The van der Waals surface area contributed by atoms with Gasteiger partial charge >= 0.3 is 5.63 Å². The molecule has 0 saturated carbocycles. The molecule has 16 heavy (non-hydrogen) atoms. The molecule has 0 amide bonds. The lowest BCUT2D eigenvalue weighted by atomic mass is 10.1. The van der Waals surface area contributed by atoms with E-state index < -0.39 is 0 Å². The Hall–Kier alpha value is -1.77. The Labute approximate surface area is 93.3 Å². The molecule has 2 heterocycles. The highest BCUT2D eigenvalue weighted by molar-refractivity contribution is 5.86. The van der Waals surface area contributed by atoms with Crippen LogP contribution in [0.3, 0.4) is 0 Å². The molecular formula is C13H13NO2. The van der Waals surface area contributed by atoms with Crippen LogP contribution in [0.5, 0.6) is 0 Å². The summed E-state index contributed by atoms with van der Waals surface area (Å²) in [6.07, 6.45) is 1.07. The average Bonchev–Trinajstić information content (AvgIpc) is 2.58. The predicted octanol–water partition coefficient (Wildman–Crippen LogP) is 2.09. The molecule has 0 radical (unpaired) electrons. The average molecular weight is 215 g/mol. The lowest BCUT2D eigenvalue weighted by Crippen LogP contribution is -2.12. The van der Waals surface area contributed by atoms with Crippen molar-refractivity contribution in [2.24, 2.45) is 0 Å². The van der Waals surface area contributed by atoms with Crippen molar-refractivity contribution in [1.29, 1.82) is 0 Å². The Morgan fingerprint density at radius 2 is 2.12 bits per heavy atom. The van der Waals surface area contributed by atoms with Crippen molar-refractivity contribution in [2.45, 2.75) is 13.3 Å². The number of benzene rings is 1. The summed E-state index contributed by atoms with van der Waals surface area (Å²) >= 11 is 0. The number of fused-ring (bicyclic) bond motifs is 2. The molecule has 0 spiro atoms. The molecule has 0 bridgehead atoms. The molecule has 1 aliphatic rings. The van der Waals surface area contributed by atoms with Gasteiger partial charge in [0.05, 0.1) is 0 Å². The minimum atomic E-state index is -0.273. The Kier molecular flexibility index (Phi) is 1.84. The fourth-order valence-electron chi connectivity index (χ4n) is 2.36. The molecule has 1 aromatic heterocycles. The summed E-state index contributed by atoms with van der Waals surface area (Å²) in [5.74, 6) is 0. The van der Waals surface area contributed by atoms with E-state index in [0.29, 0.717) is 5.58 Å². The number of nitrogens with zero attached hydrogens (tertiary/aromatic N) is 1. The molecule has 0 atom stereocenters. The number of hydrogen-bond acceptors (Lipinski definition) is 3. The predicted molar refractivity (Wildman–Crippen MR) is 64.2 cm³/mol. The summed E-state index contributed by atoms with van der Waals surface area (Å²) in [6.45, 7) is 2.99. The third kappa shape index (κ3) is 1.24. The topological polar surface area (TPSA) is 33.5 Å². The van der Waals surface area contributed by atoms with Crippen LogP contribution in [0.2, 0.25) is 0 Å². The summed E-state index contributed by atoms with van der Waals surface area (Å²) in [7, 11) is 2.06. The van der Waals surface area contributed by atoms with Crippen LogP contribution in [0.25, 0.3) is 11.0 Å². The van der Waals surface area contributed by atoms with Crippen LogP contribution in [0, 0.1) is 6.92 Å². The molecule has 0 fully saturated rings. The van der Waals surface area contributed by atoms with E-state index in [2.05, 4.69) is 18.0 Å². The van der Waals surface area contributed by atoms with Gasteiger partial charge in [0.25, 0.3) is 0 Å². The Bertz CT molecular complexity index is 628. The highest BCUT2D eigenvalue weighted by Crippen LogP contribution is 2.31. The first-order valence-electron chi connectivity index (χ1n) is 5.44. The smallest absolute Gasteiger partial charge is 0.336 e. The second-order valence-electron chi connectivity index (χ2n) is 4.40. The van der Waals surface area contributed by atoms with Crippen LogP contribution in [-0.2, 0) is 6.42 Å². The maximum Gasteiger partial charge on any atom is 0.336 e. The van der Waals surface area contributed by atoms with Gasteiger partial charge in [0.2, 0.25) is 0 Å². The summed E-state index contributed by atoms with van der Waals surface area (Å²) in [5.41, 5.74) is 3.93. The third-order valence-corrected chi connectivity index (χ3v) is 3.28. The quantitative estimate of drug-likeness (QED) is 0.631. The number of hydrogen-bond donors (Lipinski definition) is 0. The molecule has 0 aliphatic carbocycles. The zero-order chi connectivity index (χ0) is 11.3. The summed E-state index contributed by atoms with van der Waals surface area (Å²) in [6, 6.07) is 5.67. The zero-order valence-electron chi connectivity index (χ0n) is 9.41. The number of anilines is 1. The minimum Gasteiger partial charge on any atom is -0.423 e. The highest BCUT2D eigenvalue weighted by Gasteiger charge is 2.17. The second-order valence-corrected chi connectivity index (χ2v) is 4.40. The van der Waals surface area contributed by atoms with E-state index in [1.165, 1.54) is 11.3 Å². The lowest BCUT2D eigenvalue weighted by Gasteiger charge is -2.12. The standard InChI is InChI=1S/C13H13NO2/c1-8-5-13(15)16-12-7-11-9(6-10(8)12)3-4-14(11)2/h5-7H,3-4H2,1-2H3. The molecule has 1 aromatic carbocycles. The van der Waals surface area contributed by atoms with Crippen molar-refractivity contribution < 1.29 is 4.42 Å². The van der Waals surface area contributed by atoms with Crippen LogP contribution >= 0.6 is 0 Å². The van der Waals surface area contributed by atoms with Crippen molar-refractivity contribution in [3.63, 3.8) is 0 Å².